The number of aromatic nitrogens is 1. The minimum absolute atomic E-state index is 0.0390. The highest BCUT2D eigenvalue weighted by Gasteiger charge is 2.29. The number of nitrogens with zero attached hydrogens (tertiary/aromatic N) is 3. The number of nitriles is 1. The Kier molecular flexibility index (Phi) is 6.05. The van der Waals surface area contributed by atoms with Gasteiger partial charge in [-0.25, -0.2) is 0 Å². The topological polar surface area (TPSA) is 77.2 Å². The highest BCUT2D eigenvalue weighted by Crippen LogP contribution is 2.25. The molecule has 2 rings (SSSR count). The van der Waals surface area contributed by atoms with E-state index in [0.29, 0.717) is 18.7 Å². The molecule has 0 saturated carbocycles. The van der Waals surface area contributed by atoms with Crippen LogP contribution in [0.2, 0.25) is 0 Å². The molecule has 1 N–H and O–H groups in total. The summed E-state index contributed by atoms with van der Waals surface area (Å²) >= 11 is 0. The molecule has 0 fully saturated rings. The van der Waals surface area contributed by atoms with E-state index in [0.717, 1.165) is 5.56 Å². The van der Waals surface area contributed by atoms with Gasteiger partial charge in [0, 0.05) is 25.5 Å². The van der Waals surface area contributed by atoms with E-state index in [2.05, 4.69) is 11.1 Å². The molecule has 2 aromatic rings. The van der Waals surface area contributed by atoms with E-state index >= 15 is 0 Å². The SMILES string of the molecule is CC(O)(CC(=O)N(CCC#N)Cc1cccnc1)c1ccccc1. The number of carbonyl (C=O) groups excluding carboxylic acids is 1. The third-order valence-electron chi connectivity index (χ3n) is 3.83. The summed E-state index contributed by atoms with van der Waals surface area (Å²) in [6.45, 7) is 2.33. The molecule has 0 radical (unpaired) electrons. The van der Waals surface area contributed by atoms with Crippen LogP contribution in [0.15, 0.2) is 54.9 Å². The molecule has 1 unspecified atom stereocenters. The maximum absolute atomic E-state index is 12.7. The van der Waals surface area contributed by atoms with Crippen LogP contribution in [0.3, 0.4) is 0 Å². The van der Waals surface area contributed by atoms with Gasteiger partial charge in [-0.05, 0) is 24.1 Å². The first-order chi connectivity index (χ1) is 11.5. The lowest BCUT2D eigenvalue weighted by molar-refractivity contribution is -0.136. The molecule has 1 aromatic heterocycles. The van der Waals surface area contributed by atoms with Crippen molar-refractivity contribution in [1.29, 1.82) is 5.26 Å². The molecule has 1 heterocycles. The van der Waals surface area contributed by atoms with Gasteiger partial charge in [-0.2, -0.15) is 5.26 Å². The molecular weight excluding hydrogens is 302 g/mol. The lowest BCUT2D eigenvalue weighted by Crippen LogP contribution is -2.37. The Bertz CT molecular complexity index is 694. The van der Waals surface area contributed by atoms with Crippen molar-refractivity contribution >= 4 is 5.91 Å². The average Bonchev–Trinajstić information content (AvgIpc) is 2.60. The Labute approximate surface area is 142 Å². The molecule has 5 nitrogen and oxygen atoms in total. The minimum Gasteiger partial charge on any atom is -0.385 e. The van der Waals surface area contributed by atoms with Gasteiger partial charge in [0.15, 0.2) is 0 Å². The monoisotopic (exact) mass is 323 g/mol. The number of hydrogen-bond donors (Lipinski definition) is 1. The van der Waals surface area contributed by atoms with Gasteiger partial charge >= 0.3 is 0 Å². The molecule has 1 amide bonds. The maximum atomic E-state index is 12.7. The minimum atomic E-state index is -1.25. The molecule has 0 bridgehead atoms. The first-order valence-electron chi connectivity index (χ1n) is 7.84. The summed E-state index contributed by atoms with van der Waals surface area (Å²) in [6, 6.07) is 14.9. The highest BCUT2D eigenvalue weighted by atomic mass is 16.3. The lowest BCUT2D eigenvalue weighted by Gasteiger charge is -2.28. The Hall–Kier alpha value is -2.71. The largest absolute Gasteiger partial charge is 0.385 e. The van der Waals surface area contributed by atoms with Crippen LogP contribution in [0.25, 0.3) is 0 Å². The molecule has 1 aromatic carbocycles. The summed E-state index contributed by atoms with van der Waals surface area (Å²) < 4.78 is 0. The first kappa shape index (κ1) is 17.6. The Morgan fingerprint density at radius 3 is 2.67 bits per heavy atom. The van der Waals surface area contributed by atoms with Crippen LogP contribution in [0.4, 0.5) is 0 Å². The van der Waals surface area contributed by atoms with E-state index in [1.54, 1.807) is 36.4 Å². The maximum Gasteiger partial charge on any atom is 0.226 e. The van der Waals surface area contributed by atoms with Gasteiger partial charge in [-0.3, -0.25) is 9.78 Å². The average molecular weight is 323 g/mol. The number of pyridine rings is 1. The van der Waals surface area contributed by atoms with Crippen LogP contribution >= 0.6 is 0 Å². The van der Waals surface area contributed by atoms with Crippen LogP contribution in [-0.4, -0.2) is 27.4 Å². The van der Waals surface area contributed by atoms with Gasteiger partial charge < -0.3 is 10.0 Å². The van der Waals surface area contributed by atoms with Crippen molar-refractivity contribution in [2.45, 2.75) is 31.9 Å². The molecular formula is C19H21N3O2. The summed E-state index contributed by atoms with van der Waals surface area (Å²) in [7, 11) is 0. The van der Waals surface area contributed by atoms with Gasteiger partial charge in [0.25, 0.3) is 0 Å². The molecule has 1 atom stereocenters. The van der Waals surface area contributed by atoms with Crippen molar-refractivity contribution in [2.75, 3.05) is 6.54 Å². The summed E-state index contributed by atoms with van der Waals surface area (Å²) in [5, 5.41) is 19.5. The van der Waals surface area contributed by atoms with E-state index < -0.39 is 5.60 Å². The Morgan fingerprint density at radius 2 is 2.04 bits per heavy atom. The predicted molar refractivity (Wildman–Crippen MR) is 90.5 cm³/mol. The van der Waals surface area contributed by atoms with E-state index in [-0.39, 0.29) is 18.7 Å². The molecule has 24 heavy (non-hydrogen) atoms. The van der Waals surface area contributed by atoms with Gasteiger partial charge in [0.05, 0.1) is 24.5 Å². The van der Waals surface area contributed by atoms with Crippen LogP contribution < -0.4 is 0 Å². The molecule has 5 heteroatoms. The highest BCUT2D eigenvalue weighted by molar-refractivity contribution is 5.77. The summed E-state index contributed by atoms with van der Waals surface area (Å²) in [5.41, 5.74) is 0.334. The third kappa shape index (κ3) is 4.90. The van der Waals surface area contributed by atoms with E-state index in [4.69, 9.17) is 5.26 Å². The van der Waals surface area contributed by atoms with Crippen molar-refractivity contribution in [3.05, 3.63) is 66.0 Å². The van der Waals surface area contributed by atoms with E-state index in [9.17, 15) is 9.90 Å². The van der Waals surface area contributed by atoms with Crippen LogP contribution in [0.1, 0.15) is 30.9 Å². The van der Waals surface area contributed by atoms with E-state index in [1.165, 1.54) is 0 Å². The molecule has 0 saturated heterocycles. The van der Waals surface area contributed by atoms with Crippen LogP contribution in [0.5, 0.6) is 0 Å². The van der Waals surface area contributed by atoms with Gasteiger partial charge in [0.1, 0.15) is 0 Å². The second-order valence-corrected chi connectivity index (χ2v) is 5.90. The predicted octanol–water partition coefficient (Wildman–Crippen LogP) is 2.62. The molecule has 0 aliphatic rings. The van der Waals surface area contributed by atoms with Crippen molar-refractivity contribution in [1.82, 2.24) is 9.88 Å². The van der Waals surface area contributed by atoms with Crippen molar-refractivity contribution in [3.8, 4) is 6.07 Å². The van der Waals surface area contributed by atoms with Crippen LogP contribution in [-0.2, 0) is 16.9 Å². The summed E-state index contributed by atoms with van der Waals surface area (Å²) in [5.74, 6) is -0.192. The second kappa shape index (κ2) is 8.23. The molecule has 0 spiro atoms. The van der Waals surface area contributed by atoms with E-state index in [1.807, 2.05) is 30.3 Å². The van der Waals surface area contributed by atoms with Gasteiger partial charge in [0.2, 0.25) is 5.91 Å². The van der Waals surface area contributed by atoms with Crippen molar-refractivity contribution in [2.24, 2.45) is 0 Å². The molecule has 124 valence electrons. The normalized spacial score (nSPS) is 12.9. The van der Waals surface area contributed by atoms with Gasteiger partial charge in [-0.15, -0.1) is 0 Å². The zero-order valence-corrected chi connectivity index (χ0v) is 13.7. The van der Waals surface area contributed by atoms with Crippen LogP contribution in [0, 0.1) is 11.3 Å². The molecule has 0 aliphatic heterocycles. The summed E-state index contributed by atoms with van der Waals surface area (Å²) in [6.07, 6.45) is 3.58. The second-order valence-electron chi connectivity index (χ2n) is 5.90. The van der Waals surface area contributed by atoms with Crippen molar-refractivity contribution in [3.63, 3.8) is 0 Å². The fourth-order valence-electron chi connectivity index (χ4n) is 2.49. The number of aliphatic hydroxyl groups is 1. The molecule has 0 aliphatic carbocycles. The van der Waals surface area contributed by atoms with Gasteiger partial charge in [-0.1, -0.05) is 36.4 Å². The Morgan fingerprint density at radius 1 is 1.29 bits per heavy atom. The van der Waals surface area contributed by atoms with Crippen molar-refractivity contribution < 1.29 is 9.90 Å². The number of hydrogen-bond acceptors (Lipinski definition) is 4. The number of amides is 1. The zero-order chi connectivity index (χ0) is 17.4. The fourth-order valence-corrected chi connectivity index (χ4v) is 2.49. The first-order valence-corrected chi connectivity index (χ1v) is 7.84. The standard InChI is InChI=1S/C19H21N3O2/c1-19(24,17-8-3-2-4-9-17)13-18(23)22(12-6-10-20)15-16-7-5-11-21-14-16/h2-5,7-9,11,14,24H,6,12-13,15H2,1H3. The quantitative estimate of drug-likeness (QED) is 0.849. The fraction of sp³-hybridized carbons (Fsp3) is 0.316. The third-order valence-corrected chi connectivity index (χ3v) is 3.83. The number of benzene rings is 1. The Balaban J connectivity index is 2.11. The smallest absolute Gasteiger partial charge is 0.226 e. The lowest BCUT2D eigenvalue weighted by atomic mass is 9.92. The summed E-state index contributed by atoms with van der Waals surface area (Å²) in [4.78, 5) is 18.3. The number of rotatable bonds is 7. The number of carbonyl (C=O) groups is 1. The zero-order valence-electron chi connectivity index (χ0n) is 13.7.